The highest BCUT2D eigenvalue weighted by Gasteiger charge is 2.38. The Hall–Kier alpha value is -3.75. The van der Waals surface area contributed by atoms with Crippen molar-refractivity contribution in [2.75, 3.05) is 41.5 Å². The molecule has 5 rings (SSSR count). The lowest BCUT2D eigenvalue weighted by atomic mass is 9.99. The molecule has 1 unspecified atom stereocenters. The van der Waals surface area contributed by atoms with E-state index in [0.29, 0.717) is 36.3 Å². The minimum Gasteiger partial charge on any atom is -0.489 e. The fourth-order valence-electron chi connectivity index (χ4n) is 6.37. The van der Waals surface area contributed by atoms with Crippen molar-refractivity contribution in [3.8, 4) is 5.75 Å². The smallest absolute Gasteiger partial charge is 0.416 e. The number of ether oxygens (including phenoxy) is 1. The Bertz CT molecular complexity index is 1690. The second-order valence-electron chi connectivity index (χ2n) is 12.4. The number of hydrogen-bond donors (Lipinski definition) is 0. The summed E-state index contributed by atoms with van der Waals surface area (Å²) in [5.41, 5.74) is -0.805. The molecule has 1 aliphatic carbocycles. The van der Waals surface area contributed by atoms with E-state index in [0.717, 1.165) is 53.9 Å². The van der Waals surface area contributed by atoms with Gasteiger partial charge in [-0.1, -0.05) is 12.8 Å². The molecule has 0 radical (unpaired) electrons. The minimum absolute atomic E-state index is 0.0409. The maximum atomic E-state index is 13.9. The van der Waals surface area contributed by atoms with Crippen molar-refractivity contribution in [3.63, 3.8) is 0 Å². The minimum atomic E-state index is -4.99. The van der Waals surface area contributed by atoms with E-state index in [4.69, 9.17) is 9.72 Å². The van der Waals surface area contributed by atoms with E-state index in [1.807, 2.05) is 33.2 Å². The molecule has 1 fully saturated rings. The van der Waals surface area contributed by atoms with Crippen LogP contribution in [-0.2, 0) is 25.9 Å². The quantitative estimate of drug-likeness (QED) is 0.101. The first-order valence-corrected chi connectivity index (χ1v) is 17.7. The van der Waals surface area contributed by atoms with Crippen LogP contribution in [0.5, 0.6) is 5.75 Å². The largest absolute Gasteiger partial charge is 0.489 e. The van der Waals surface area contributed by atoms with Gasteiger partial charge in [0.2, 0.25) is 5.95 Å². The van der Waals surface area contributed by atoms with E-state index in [1.54, 1.807) is 28.3 Å². The summed E-state index contributed by atoms with van der Waals surface area (Å²) in [5.74, 6) is 2.42. The Kier molecular flexibility index (Phi) is 11.2. The van der Waals surface area contributed by atoms with Gasteiger partial charge in [0, 0.05) is 36.8 Å². The van der Waals surface area contributed by atoms with Gasteiger partial charge in [-0.05, 0) is 75.6 Å². The van der Waals surface area contributed by atoms with Crippen LogP contribution in [0.3, 0.4) is 0 Å². The molecular formula is C34H41F6N7OS. The highest BCUT2D eigenvalue weighted by molar-refractivity contribution is 7.98. The number of hydrogen-bond acceptors (Lipinski definition) is 8. The van der Waals surface area contributed by atoms with E-state index in [1.165, 1.54) is 25.2 Å². The monoisotopic (exact) mass is 709 g/mol. The van der Waals surface area contributed by atoms with Gasteiger partial charge in [-0.3, -0.25) is 4.68 Å². The first-order valence-electron chi connectivity index (χ1n) is 16.3. The molecule has 1 aliphatic rings. The van der Waals surface area contributed by atoms with Crippen molar-refractivity contribution in [3.05, 3.63) is 64.6 Å². The molecule has 0 aliphatic heterocycles. The van der Waals surface area contributed by atoms with Crippen LogP contribution in [-0.4, -0.2) is 56.4 Å². The van der Waals surface area contributed by atoms with E-state index in [-0.39, 0.29) is 24.1 Å². The van der Waals surface area contributed by atoms with Gasteiger partial charge < -0.3 is 14.5 Å². The summed E-state index contributed by atoms with van der Waals surface area (Å²) in [6.07, 6.45) is -0.567. The standard InChI is InChI=1S/C34H41F6N7OS/c1-6-46(19-23-9-7-8-10-23)30-25(15-29-21(2)44-45(4)31(29)43-30)20-47(32-41-17-28(18-42-32)48-11-12-49-5)22(3)24-13-26(33(35,36)37)16-27(14-24)34(38,39)40/h13-18,22-23H,6-12,19-20H2,1-5H3. The molecule has 8 nitrogen and oxygen atoms in total. The molecular weight excluding hydrogens is 668 g/mol. The SMILES string of the molecule is CCN(CC1CCCC1)c1nc2c(cc1CN(c1ncc(OCCSC)cn1)C(C)c1cc(C(F)(F)F)cc(C(F)(F)F)c1)c(C)nn2C. The average Bonchev–Trinajstić information content (AvgIpc) is 3.68. The first-order chi connectivity index (χ1) is 23.2. The highest BCUT2D eigenvalue weighted by atomic mass is 32.2. The third-order valence-electron chi connectivity index (χ3n) is 9.02. The molecule has 3 heterocycles. The van der Waals surface area contributed by atoms with Crippen molar-refractivity contribution in [2.24, 2.45) is 13.0 Å². The number of fused-ring (bicyclic) bond motifs is 1. The fourth-order valence-corrected chi connectivity index (χ4v) is 6.62. The van der Waals surface area contributed by atoms with Gasteiger partial charge in [0.1, 0.15) is 5.82 Å². The van der Waals surface area contributed by atoms with E-state index in [2.05, 4.69) is 20.0 Å². The molecule has 1 aromatic carbocycles. The Labute approximate surface area is 286 Å². The van der Waals surface area contributed by atoms with Gasteiger partial charge in [0.25, 0.3) is 0 Å². The molecule has 3 aromatic heterocycles. The second-order valence-corrected chi connectivity index (χ2v) is 13.4. The Balaban J connectivity index is 1.64. The van der Waals surface area contributed by atoms with E-state index < -0.39 is 29.5 Å². The molecule has 0 saturated heterocycles. The number of rotatable bonds is 13. The van der Waals surface area contributed by atoms with Gasteiger partial charge in [0.05, 0.1) is 48.4 Å². The van der Waals surface area contributed by atoms with Crippen LogP contribution >= 0.6 is 11.8 Å². The van der Waals surface area contributed by atoms with Gasteiger partial charge in [-0.15, -0.1) is 0 Å². The predicted molar refractivity (Wildman–Crippen MR) is 180 cm³/mol. The van der Waals surface area contributed by atoms with Crippen molar-refractivity contribution in [1.29, 1.82) is 0 Å². The van der Waals surface area contributed by atoms with Crippen LogP contribution in [0.15, 0.2) is 36.7 Å². The summed E-state index contributed by atoms with van der Waals surface area (Å²) in [4.78, 5) is 17.9. The van der Waals surface area contributed by atoms with Crippen molar-refractivity contribution in [2.45, 2.75) is 71.4 Å². The molecule has 4 aromatic rings. The topological polar surface area (TPSA) is 72.2 Å². The van der Waals surface area contributed by atoms with Gasteiger partial charge >= 0.3 is 12.4 Å². The summed E-state index contributed by atoms with van der Waals surface area (Å²) >= 11 is 1.61. The lowest BCUT2D eigenvalue weighted by Gasteiger charge is -2.33. The molecule has 0 bridgehead atoms. The third kappa shape index (κ3) is 8.53. The maximum Gasteiger partial charge on any atom is 0.416 e. The van der Waals surface area contributed by atoms with Gasteiger partial charge in [-0.2, -0.15) is 43.2 Å². The first kappa shape index (κ1) is 36.5. The normalized spacial score (nSPS) is 14.8. The molecule has 0 N–H and O–H groups in total. The lowest BCUT2D eigenvalue weighted by molar-refractivity contribution is -0.143. The summed E-state index contributed by atoms with van der Waals surface area (Å²) in [5, 5.41) is 5.35. The van der Waals surface area contributed by atoms with Crippen LogP contribution in [0.1, 0.15) is 73.5 Å². The second kappa shape index (κ2) is 15.0. The van der Waals surface area contributed by atoms with Crippen LogP contribution in [0.25, 0.3) is 11.0 Å². The Morgan fingerprint density at radius 1 is 1.00 bits per heavy atom. The number of pyridine rings is 1. The Morgan fingerprint density at radius 3 is 2.20 bits per heavy atom. The highest BCUT2D eigenvalue weighted by Crippen LogP contribution is 2.40. The zero-order chi connectivity index (χ0) is 35.5. The molecule has 266 valence electrons. The zero-order valence-corrected chi connectivity index (χ0v) is 29.0. The van der Waals surface area contributed by atoms with Crippen molar-refractivity contribution < 1.29 is 31.1 Å². The van der Waals surface area contributed by atoms with Crippen LogP contribution in [0, 0.1) is 12.8 Å². The summed E-state index contributed by atoms with van der Waals surface area (Å²) in [6, 6.07) is 2.61. The van der Waals surface area contributed by atoms with Crippen molar-refractivity contribution >= 4 is 34.6 Å². The van der Waals surface area contributed by atoms with E-state index in [9.17, 15) is 26.3 Å². The van der Waals surface area contributed by atoms with Crippen LogP contribution < -0.4 is 14.5 Å². The van der Waals surface area contributed by atoms with Gasteiger partial charge in [0.15, 0.2) is 11.4 Å². The number of aromatic nitrogens is 5. The summed E-state index contributed by atoms with van der Waals surface area (Å²) in [7, 11) is 1.82. The zero-order valence-electron chi connectivity index (χ0n) is 28.2. The lowest BCUT2D eigenvalue weighted by Crippen LogP contribution is -2.33. The molecule has 49 heavy (non-hydrogen) atoms. The summed E-state index contributed by atoms with van der Waals surface area (Å²) < 4.78 is 91.0. The predicted octanol–water partition coefficient (Wildman–Crippen LogP) is 8.63. The van der Waals surface area contributed by atoms with E-state index >= 15 is 0 Å². The number of nitrogens with zero attached hydrogens (tertiary/aromatic N) is 7. The number of thioether (sulfide) groups is 1. The number of halogens is 6. The summed E-state index contributed by atoms with van der Waals surface area (Å²) in [6.45, 7) is 7.34. The Morgan fingerprint density at radius 2 is 1.63 bits per heavy atom. The fraction of sp³-hybridized carbons (Fsp3) is 0.529. The number of benzene rings is 1. The molecule has 1 saturated carbocycles. The van der Waals surface area contributed by atoms with Gasteiger partial charge in [-0.25, -0.2) is 15.0 Å². The molecule has 0 spiro atoms. The number of anilines is 2. The molecule has 0 amide bonds. The number of aryl methyl sites for hydroxylation is 2. The van der Waals surface area contributed by atoms with Crippen LogP contribution in [0.2, 0.25) is 0 Å². The van der Waals surface area contributed by atoms with Crippen LogP contribution in [0.4, 0.5) is 38.1 Å². The van der Waals surface area contributed by atoms with Crippen molar-refractivity contribution in [1.82, 2.24) is 24.7 Å². The maximum absolute atomic E-state index is 13.9. The molecule has 15 heteroatoms. The third-order valence-corrected chi connectivity index (χ3v) is 9.59. The number of alkyl halides is 6. The molecule has 1 atom stereocenters. The average molecular weight is 710 g/mol.